The van der Waals surface area contributed by atoms with Gasteiger partial charge in [0.05, 0.1) is 5.69 Å². The van der Waals surface area contributed by atoms with Crippen LogP contribution in [0.2, 0.25) is 0 Å². The smallest absolute Gasteiger partial charge is 0.242 e. The first-order chi connectivity index (χ1) is 8.47. The van der Waals surface area contributed by atoms with E-state index < -0.39 is 10.0 Å². The van der Waals surface area contributed by atoms with E-state index >= 15 is 0 Å². The molecule has 0 bridgehead atoms. The Hall–Kier alpha value is -0.590. The van der Waals surface area contributed by atoms with Gasteiger partial charge in [0, 0.05) is 11.0 Å². The molecule has 0 aliphatic rings. The van der Waals surface area contributed by atoms with E-state index in [9.17, 15) is 8.42 Å². The third-order valence-electron chi connectivity index (χ3n) is 2.59. The highest BCUT2D eigenvalue weighted by molar-refractivity contribution is 9.10. The van der Waals surface area contributed by atoms with Crippen molar-refractivity contribution in [3.63, 3.8) is 0 Å². The Morgan fingerprint density at radius 3 is 2.67 bits per heavy atom. The van der Waals surface area contributed by atoms with Gasteiger partial charge in [0.15, 0.2) is 0 Å². The molecule has 0 aliphatic heterocycles. The van der Waals surface area contributed by atoms with Crippen LogP contribution in [0.25, 0.3) is 0 Å². The average molecular weight is 335 g/mol. The number of sulfonamides is 1. The Labute approximate surface area is 117 Å². The number of rotatable bonds is 7. The molecule has 0 radical (unpaired) electrons. The topological polar surface area (TPSA) is 72.2 Å². The van der Waals surface area contributed by atoms with Crippen LogP contribution in [0.3, 0.4) is 0 Å². The van der Waals surface area contributed by atoms with Crippen molar-refractivity contribution in [1.82, 2.24) is 4.72 Å². The third-order valence-corrected chi connectivity index (χ3v) is 4.60. The predicted octanol–water partition coefficient (Wildman–Crippen LogP) is 2.89. The van der Waals surface area contributed by atoms with Crippen molar-refractivity contribution in [3.05, 3.63) is 22.7 Å². The molecule has 0 amide bonds. The van der Waals surface area contributed by atoms with Gasteiger partial charge in [-0.3, -0.25) is 0 Å². The number of hydrogen-bond donors (Lipinski definition) is 2. The summed E-state index contributed by atoms with van der Waals surface area (Å²) in [4.78, 5) is 0.132. The summed E-state index contributed by atoms with van der Waals surface area (Å²) >= 11 is 3.24. The minimum Gasteiger partial charge on any atom is -0.398 e. The van der Waals surface area contributed by atoms with Gasteiger partial charge in [0.2, 0.25) is 10.0 Å². The molecule has 1 aromatic rings. The van der Waals surface area contributed by atoms with Crippen molar-refractivity contribution in [2.24, 2.45) is 0 Å². The molecule has 0 unspecified atom stereocenters. The lowest BCUT2D eigenvalue weighted by Crippen LogP contribution is -2.25. The van der Waals surface area contributed by atoms with Gasteiger partial charge < -0.3 is 5.73 Å². The maximum Gasteiger partial charge on any atom is 0.242 e. The summed E-state index contributed by atoms with van der Waals surface area (Å²) in [5.41, 5.74) is 5.95. The molecule has 0 spiro atoms. The summed E-state index contributed by atoms with van der Waals surface area (Å²) < 4.78 is 27.3. The lowest BCUT2D eigenvalue weighted by atomic mass is 10.2. The van der Waals surface area contributed by atoms with E-state index in [0.29, 0.717) is 11.0 Å². The maximum atomic E-state index is 12.0. The van der Waals surface area contributed by atoms with Crippen LogP contribution >= 0.6 is 15.9 Å². The molecule has 0 saturated carbocycles. The van der Waals surface area contributed by atoms with Crippen molar-refractivity contribution < 1.29 is 8.42 Å². The van der Waals surface area contributed by atoms with E-state index in [1.807, 2.05) is 0 Å². The second kappa shape index (κ2) is 7.11. The summed E-state index contributed by atoms with van der Waals surface area (Å²) in [5, 5.41) is 0. The van der Waals surface area contributed by atoms with E-state index in [2.05, 4.69) is 27.6 Å². The van der Waals surface area contributed by atoms with Crippen LogP contribution < -0.4 is 10.5 Å². The van der Waals surface area contributed by atoms with Crippen LogP contribution in [0.4, 0.5) is 5.69 Å². The van der Waals surface area contributed by atoms with E-state index in [0.717, 1.165) is 25.7 Å². The fourth-order valence-electron chi connectivity index (χ4n) is 1.58. The lowest BCUT2D eigenvalue weighted by Gasteiger charge is -2.09. The molecule has 3 N–H and O–H groups in total. The molecule has 0 fully saturated rings. The number of nitrogens with two attached hydrogens (primary N) is 1. The number of anilines is 1. The molecule has 102 valence electrons. The van der Waals surface area contributed by atoms with Gasteiger partial charge in [-0.05, 0) is 24.6 Å². The zero-order valence-electron chi connectivity index (χ0n) is 10.4. The minimum absolute atomic E-state index is 0.132. The van der Waals surface area contributed by atoms with Crippen LogP contribution in [-0.4, -0.2) is 15.0 Å². The monoisotopic (exact) mass is 334 g/mol. The van der Waals surface area contributed by atoms with Gasteiger partial charge in [-0.1, -0.05) is 42.1 Å². The highest BCUT2D eigenvalue weighted by atomic mass is 79.9. The fourth-order valence-corrected chi connectivity index (χ4v) is 3.32. The van der Waals surface area contributed by atoms with E-state index in [4.69, 9.17) is 5.73 Å². The van der Waals surface area contributed by atoms with Crippen molar-refractivity contribution >= 4 is 31.6 Å². The molecule has 6 heteroatoms. The molecular weight excluding hydrogens is 316 g/mol. The quantitative estimate of drug-likeness (QED) is 0.594. The first kappa shape index (κ1) is 15.5. The standard InChI is InChI=1S/C12H19BrN2O2S/c1-2-3-4-5-8-15-18(16,17)12-9-10(13)6-7-11(12)14/h6-7,9,15H,2-5,8,14H2,1H3. The average Bonchev–Trinajstić information content (AvgIpc) is 2.32. The maximum absolute atomic E-state index is 12.0. The van der Waals surface area contributed by atoms with Crippen molar-refractivity contribution in [2.75, 3.05) is 12.3 Å². The number of hydrogen-bond acceptors (Lipinski definition) is 3. The van der Waals surface area contributed by atoms with Gasteiger partial charge in [-0.15, -0.1) is 0 Å². The SMILES string of the molecule is CCCCCCNS(=O)(=O)c1cc(Br)ccc1N. The van der Waals surface area contributed by atoms with Gasteiger partial charge in [-0.25, -0.2) is 13.1 Å². The number of benzene rings is 1. The molecular formula is C12H19BrN2O2S. The number of unbranched alkanes of at least 4 members (excludes halogenated alkanes) is 3. The molecule has 0 atom stereocenters. The Morgan fingerprint density at radius 1 is 1.28 bits per heavy atom. The van der Waals surface area contributed by atoms with Crippen molar-refractivity contribution in [1.29, 1.82) is 0 Å². The first-order valence-corrected chi connectivity index (χ1v) is 8.29. The summed E-state index contributed by atoms with van der Waals surface area (Å²) in [5.74, 6) is 0. The van der Waals surface area contributed by atoms with Crippen molar-refractivity contribution in [2.45, 2.75) is 37.5 Å². The van der Waals surface area contributed by atoms with E-state index in [1.54, 1.807) is 12.1 Å². The molecule has 1 aromatic carbocycles. The number of nitrogen functional groups attached to an aromatic ring is 1. The van der Waals surface area contributed by atoms with E-state index in [1.165, 1.54) is 6.07 Å². The summed E-state index contributed by atoms with van der Waals surface area (Å²) in [6.07, 6.45) is 4.14. The summed E-state index contributed by atoms with van der Waals surface area (Å²) in [6, 6.07) is 4.81. The normalized spacial score (nSPS) is 11.7. The Balaban J connectivity index is 2.66. The van der Waals surface area contributed by atoms with Crippen LogP contribution in [0.5, 0.6) is 0 Å². The molecule has 0 aliphatic carbocycles. The molecule has 0 aromatic heterocycles. The molecule has 18 heavy (non-hydrogen) atoms. The summed E-state index contributed by atoms with van der Waals surface area (Å²) in [7, 11) is -3.51. The number of halogens is 1. The minimum atomic E-state index is -3.51. The lowest BCUT2D eigenvalue weighted by molar-refractivity contribution is 0.574. The highest BCUT2D eigenvalue weighted by Gasteiger charge is 2.16. The van der Waals surface area contributed by atoms with E-state index in [-0.39, 0.29) is 10.6 Å². The van der Waals surface area contributed by atoms with Crippen LogP contribution in [0, 0.1) is 0 Å². The van der Waals surface area contributed by atoms with Gasteiger partial charge >= 0.3 is 0 Å². The van der Waals surface area contributed by atoms with Crippen LogP contribution in [0.15, 0.2) is 27.6 Å². The van der Waals surface area contributed by atoms with Gasteiger partial charge in [0.1, 0.15) is 4.90 Å². The third kappa shape index (κ3) is 4.59. The second-order valence-corrected chi connectivity index (χ2v) is 6.79. The predicted molar refractivity (Wildman–Crippen MR) is 77.9 cm³/mol. The Morgan fingerprint density at radius 2 is 2.00 bits per heavy atom. The first-order valence-electron chi connectivity index (χ1n) is 6.02. The summed E-state index contributed by atoms with van der Waals surface area (Å²) in [6.45, 7) is 2.57. The van der Waals surface area contributed by atoms with Crippen molar-refractivity contribution in [3.8, 4) is 0 Å². The zero-order valence-corrected chi connectivity index (χ0v) is 12.9. The molecule has 4 nitrogen and oxygen atoms in total. The largest absolute Gasteiger partial charge is 0.398 e. The zero-order chi connectivity index (χ0) is 13.6. The Kier molecular flexibility index (Phi) is 6.11. The van der Waals surface area contributed by atoms with Gasteiger partial charge in [-0.2, -0.15) is 0 Å². The van der Waals surface area contributed by atoms with Gasteiger partial charge in [0.25, 0.3) is 0 Å². The Bertz CT molecular complexity index is 489. The molecule has 0 saturated heterocycles. The van der Waals surface area contributed by atoms with Crippen LogP contribution in [0.1, 0.15) is 32.6 Å². The highest BCUT2D eigenvalue weighted by Crippen LogP contribution is 2.22. The molecule has 1 rings (SSSR count). The second-order valence-electron chi connectivity index (χ2n) is 4.14. The number of nitrogens with one attached hydrogen (secondary N) is 1. The fraction of sp³-hybridized carbons (Fsp3) is 0.500. The van der Waals surface area contributed by atoms with Crippen LogP contribution in [-0.2, 0) is 10.0 Å². The molecule has 0 heterocycles.